The number of imidazole rings is 1. The van der Waals surface area contributed by atoms with Gasteiger partial charge in [-0.25, -0.2) is 4.98 Å². The molecule has 0 spiro atoms. The average Bonchev–Trinajstić information content (AvgIpc) is 2.89. The Labute approximate surface area is 114 Å². The number of benzene rings is 1. The number of H-pyrrole nitrogens is 1. The van der Waals surface area contributed by atoms with Gasteiger partial charge in [0.05, 0.1) is 11.9 Å². The first-order valence-electron chi connectivity index (χ1n) is 7.09. The second-order valence-corrected chi connectivity index (χ2v) is 5.54. The Bertz CT molecular complexity index is 541. The second-order valence-electron chi connectivity index (χ2n) is 5.54. The molecule has 1 fully saturated rings. The molecule has 3 rings (SSSR count). The molecule has 2 atom stereocenters. The molecule has 1 aromatic heterocycles. The number of hydrogen-bond acceptors (Lipinski definition) is 2. The van der Waals surface area contributed by atoms with Crippen molar-refractivity contribution in [2.45, 2.75) is 38.6 Å². The van der Waals surface area contributed by atoms with E-state index in [-0.39, 0.29) is 0 Å². The first-order valence-corrected chi connectivity index (χ1v) is 7.09. The van der Waals surface area contributed by atoms with Crippen molar-refractivity contribution in [1.82, 2.24) is 15.3 Å². The summed E-state index contributed by atoms with van der Waals surface area (Å²) < 4.78 is 0. The molecular formula is C16H21N3. The minimum Gasteiger partial charge on any atom is -0.342 e. The third kappa shape index (κ3) is 2.56. The summed E-state index contributed by atoms with van der Waals surface area (Å²) >= 11 is 0. The van der Waals surface area contributed by atoms with Crippen LogP contribution >= 0.6 is 0 Å². The van der Waals surface area contributed by atoms with Gasteiger partial charge in [-0.1, -0.05) is 29.8 Å². The smallest absolute Gasteiger partial charge is 0.111 e. The van der Waals surface area contributed by atoms with Gasteiger partial charge in [-0.05, 0) is 38.8 Å². The minimum absolute atomic E-state index is 0.505. The van der Waals surface area contributed by atoms with Gasteiger partial charge in [0.25, 0.3) is 0 Å². The summed E-state index contributed by atoms with van der Waals surface area (Å²) in [4.78, 5) is 8.09. The number of aromatic amines is 1. The lowest BCUT2D eigenvalue weighted by Crippen LogP contribution is -2.37. The molecular weight excluding hydrogens is 234 g/mol. The fourth-order valence-corrected chi connectivity index (χ4v) is 2.82. The van der Waals surface area contributed by atoms with Gasteiger partial charge in [0, 0.05) is 12.0 Å². The summed E-state index contributed by atoms with van der Waals surface area (Å²) in [5.41, 5.74) is 3.61. The van der Waals surface area contributed by atoms with Gasteiger partial charge in [0.2, 0.25) is 0 Å². The summed E-state index contributed by atoms with van der Waals surface area (Å²) in [7, 11) is 0. The highest BCUT2D eigenvalue weighted by Gasteiger charge is 2.24. The molecule has 3 heteroatoms. The summed E-state index contributed by atoms with van der Waals surface area (Å²) in [6, 6.07) is 9.08. The van der Waals surface area contributed by atoms with E-state index in [9.17, 15) is 0 Å². The number of aromatic nitrogens is 2. The third-order valence-corrected chi connectivity index (χ3v) is 4.07. The quantitative estimate of drug-likeness (QED) is 0.865. The van der Waals surface area contributed by atoms with Crippen LogP contribution in [0.2, 0.25) is 0 Å². The fourth-order valence-electron chi connectivity index (χ4n) is 2.82. The highest BCUT2D eigenvalue weighted by molar-refractivity contribution is 5.58. The van der Waals surface area contributed by atoms with Gasteiger partial charge in [0.15, 0.2) is 0 Å². The van der Waals surface area contributed by atoms with E-state index < -0.39 is 0 Å². The molecule has 2 heterocycles. The van der Waals surface area contributed by atoms with Gasteiger partial charge < -0.3 is 10.3 Å². The number of hydrogen-bond donors (Lipinski definition) is 2. The Morgan fingerprint density at radius 1 is 1.21 bits per heavy atom. The highest BCUT2D eigenvalue weighted by atomic mass is 15.0. The Kier molecular flexibility index (Phi) is 3.38. The molecule has 1 saturated heterocycles. The molecule has 100 valence electrons. The third-order valence-electron chi connectivity index (χ3n) is 4.07. The average molecular weight is 255 g/mol. The second kappa shape index (κ2) is 5.17. The summed E-state index contributed by atoms with van der Waals surface area (Å²) in [5, 5.41) is 3.53. The molecule has 1 aliphatic heterocycles. The zero-order valence-corrected chi connectivity index (χ0v) is 11.6. The van der Waals surface area contributed by atoms with Crippen molar-refractivity contribution in [3.8, 4) is 11.3 Å². The van der Waals surface area contributed by atoms with E-state index in [0.717, 1.165) is 18.1 Å². The van der Waals surface area contributed by atoms with E-state index in [1.165, 1.54) is 24.0 Å². The number of nitrogens with one attached hydrogen (secondary N) is 2. The van der Waals surface area contributed by atoms with Gasteiger partial charge in [-0.2, -0.15) is 0 Å². The topological polar surface area (TPSA) is 40.7 Å². The van der Waals surface area contributed by atoms with E-state index in [4.69, 9.17) is 0 Å². The molecule has 0 aliphatic carbocycles. The first kappa shape index (κ1) is 12.4. The zero-order valence-electron chi connectivity index (χ0n) is 11.6. The van der Waals surface area contributed by atoms with Crippen molar-refractivity contribution < 1.29 is 0 Å². The molecule has 0 unspecified atom stereocenters. The van der Waals surface area contributed by atoms with Crippen LogP contribution in [0.5, 0.6) is 0 Å². The normalized spacial score (nSPS) is 23.5. The van der Waals surface area contributed by atoms with Gasteiger partial charge in [-0.3, -0.25) is 0 Å². The lowest BCUT2D eigenvalue weighted by molar-refractivity contribution is 0.361. The van der Waals surface area contributed by atoms with Crippen LogP contribution in [0, 0.1) is 6.92 Å². The predicted octanol–water partition coefficient (Wildman–Crippen LogP) is 3.24. The van der Waals surface area contributed by atoms with Crippen LogP contribution in [-0.4, -0.2) is 22.6 Å². The lowest BCUT2D eigenvalue weighted by atomic mass is 9.91. The molecule has 3 nitrogen and oxygen atoms in total. The number of rotatable bonds is 2. The van der Waals surface area contributed by atoms with Crippen LogP contribution in [0.4, 0.5) is 0 Å². The van der Waals surface area contributed by atoms with Crippen molar-refractivity contribution in [2.24, 2.45) is 0 Å². The Balaban J connectivity index is 1.84. The molecule has 2 aromatic rings. The maximum Gasteiger partial charge on any atom is 0.111 e. The standard InChI is InChI=1S/C16H21N3/c1-11-5-7-13(8-6-11)15-10-18-16(19-15)14-4-3-9-17-12(14)2/h5-8,10,12,14,17H,3-4,9H2,1-2H3,(H,18,19)/t12-,14-/m1/s1. The Hall–Kier alpha value is -1.61. The first-order chi connectivity index (χ1) is 9.24. The molecule has 0 bridgehead atoms. The molecule has 1 aromatic carbocycles. The Morgan fingerprint density at radius 3 is 2.74 bits per heavy atom. The largest absolute Gasteiger partial charge is 0.342 e. The maximum atomic E-state index is 4.59. The molecule has 0 radical (unpaired) electrons. The van der Waals surface area contributed by atoms with Gasteiger partial charge in [0.1, 0.15) is 5.82 Å². The monoisotopic (exact) mass is 255 g/mol. The van der Waals surface area contributed by atoms with E-state index in [1.807, 2.05) is 6.20 Å². The van der Waals surface area contributed by atoms with Crippen molar-refractivity contribution in [1.29, 1.82) is 0 Å². The Morgan fingerprint density at radius 2 is 2.00 bits per heavy atom. The van der Waals surface area contributed by atoms with Crippen LogP contribution < -0.4 is 5.32 Å². The van der Waals surface area contributed by atoms with E-state index in [0.29, 0.717) is 12.0 Å². The van der Waals surface area contributed by atoms with E-state index in [2.05, 4.69) is 53.4 Å². The van der Waals surface area contributed by atoms with Crippen LogP contribution in [0.15, 0.2) is 30.5 Å². The summed E-state index contributed by atoms with van der Waals surface area (Å²) in [6.07, 6.45) is 4.41. The maximum absolute atomic E-state index is 4.59. The summed E-state index contributed by atoms with van der Waals surface area (Å²) in [5.74, 6) is 1.63. The number of aryl methyl sites for hydroxylation is 1. The van der Waals surface area contributed by atoms with Gasteiger partial charge in [-0.15, -0.1) is 0 Å². The molecule has 2 N–H and O–H groups in total. The molecule has 1 aliphatic rings. The number of piperidine rings is 1. The SMILES string of the molecule is Cc1ccc(-c2cnc([C@@H]3CCCN[C@@H]3C)[nH]2)cc1. The zero-order chi connectivity index (χ0) is 13.2. The molecule has 19 heavy (non-hydrogen) atoms. The highest BCUT2D eigenvalue weighted by Crippen LogP contribution is 2.27. The van der Waals surface area contributed by atoms with Crippen molar-refractivity contribution in [3.05, 3.63) is 41.9 Å². The van der Waals surface area contributed by atoms with Gasteiger partial charge >= 0.3 is 0 Å². The van der Waals surface area contributed by atoms with E-state index >= 15 is 0 Å². The summed E-state index contributed by atoms with van der Waals surface area (Å²) in [6.45, 7) is 5.48. The lowest BCUT2D eigenvalue weighted by Gasteiger charge is -2.28. The van der Waals surface area contributed by atoms with Crippen LogP contribution in [0.25, 0.3) is 11.3 Å². The fraction of sp³-hybridized carbons (Fsp3) is 0.438. The van der Waals surface area contributed by atoms with Crippen LogP contribution in [0.1, 0.15) is 37.1 Å². The van der Waals surface area contributed by atoms with Crippen LogP contribution in [0.3, 0.4) is 0 Å². The van der Waals surface area contributed by atoms with Crippen molar-refractivity contribution in [2.75, 3.05) is 6.54 Å². The van der Waals surface area contributed by atoms with Crippen molar-refractivity contribution in [3.63, 3.8) is 0 Å². The number of nitrogens with zero attached hydrogens (tertiary/aromatic N) is 1. The minimum atomic E-state index is 0.505. The molecule has 0 amide bonds. The molecule has 0 saturated carbocycles. The predicted molar refractivity (Wildman–Crippen MR) is 78.2 cm³/mol. The van der Waals surface area contributed by atoms with E-state index in [1.54, 1.807) is 0 Å². The van der Waals surface area contributed by atoms with Crippen LogP contribution in [-0.2, 0) is 0 Å². The van der Waals surface area contributed by atoms with Crippen molar-refractivity contribution >= 4 is 0 Å².